The smallest absolute Gasteiger partial charge is 0.387 e. The number of aromatic nitrogens is 3. The van der Waals surface area contributed by atoms with E-state index in [0.717, 1.165) is 0 Å². The van der Waals surface area contributed by atoms with E-state index in [9.17, 15) is 13.2 Å². The largest absolute Gasteiger partial charge is 0.435 e. The van der Waals surface area contributed by atoms with E-state index in [0.29, 0.717) is 36.0 Å². The van der Waals surface area contributed by atoms with Gasteiger partial charge in [0.25, 0.3) is 0 Å². The van der Waals surface area contributed by atoms with E-state index in [1.165, 1.54) is 18.3 Å². The highest BCUT2D eigenvalue weighted by Gasteiger charge is 2.24. The second-order valence-corrected chi connectivity index (χ2v) is 7.49. The Bertz CT molecular complexity index is 1060. The first kappa shape index (κ1) is 21.8. The van der Waals surface area contributed by atoms with Crippen LogP contribution in [0, 0.1) is 5.95 Å². The van der Waals surface area contributed by atoms with Crippen molar-refractivity contribution in [2.24, 2.45) is 0 Å². The van der Waals surface area contributed by atoms with E-state index in [4.69, 9.17) is 4.74 Å². The van der Waals surface area contributed by atoms with Crippen LogP contribution in [-0.4, -0.2) is 46.9 Å². The number of nitrogens with zero attached hydrogens (tertiary/aromatic N) is 4. The number of hydrogen-bond acceptors (Lipinski definition) is 7. The van der Waals surface area contributed by atoms with E-state index in [2.05, 4.69) is 25.0 Å². The standard InChI is InChI=1S/C22H22F3N5O2.H2/c1-13-11-30(12-14(2)31-13)22-26-8-7-19(29-22)28-18-9-16(10-27-20(18)23)15-3-5-17(6-4-15)32-21(24)25;/h3-10,13-14,21H,11-12H2,1-2H3,(H,26,28,29);1H/t13-,14+;. The molecule has 0 saturated carbocycles. The molecule has 2 aromatic heterocycles. The summed E-state index contributed by atoms with van der Waals surface area (Å²) in [7, 11) is 0. The maximum atomic E-state index is 14.4. The zero-order chi connectivity index (χ0) is 22.7. The Morgan fingerprint density at radius 2 is 1.81 bits per heavy atom. The summed E-state index contributed by atoms with van der Waals surface area (Å²) in [5.41, 5.74) is 1.40. The molecule has 3 heterocycles. The summed E-state index contributed by atoms with van der Waals surface area (Å²) in [4.78, 5) is 14.7. The minimum absolute atomic E-state index is 0. The molecule has 1 N–H and O–H groups in total. The van der Waals surface area contributed by atoms with Crippen molar-refractivity contribution < 1.29 is 24.1 Å². The number of halogens is 3. The maximum absolute atomic E-state index is 14.4. The summed E-state index contributed by atoms with van der Waals surface area (Å²) in [6.07, 6.45) is 3.07. The predicted molar refractivity (Wildman–Crippen MR) is 116 cm³/mol. The molecular weight excluding hydrogens is 423 g/mol. The van der Waals surface area contributed by atoms with Crippen LogP contribution in [0.2, 0.25) is 0 Å². The summed E-state index contributed by atoms with van der Waals surface area (Å²) in [6, 6.07) is 9.24. The molecule has 1 saturated heterocycles. The summed E-state index contributed by atoms with van der Waals surface area (Å²) in [5, 5.41) is 2.95. The third-order valence-electron chi connectivity index (χ3n) is 4.86. The molecule has 32 heavy (non-hydrogen) atoms. The molecule has 1 aliphatic heterocycles. The highest BCUT2D eigenvalue weighted by atomic mass is 19.3. The number of anilines is 3. The van der Waals surface area contributed by atoms with Crippen molar-refractivity contribution in [3.05, 3.63) is 54.7 Å². The molecular formula is C22H24F3N5O2. The van der Waals surface area contributed by atoms with Gasteiger partial charge in [-0.25, -0.2) is 9.97 Å². The average molecular weight is 447 g/mol. The molecule has 4 rings (SSSR count). The second kappa shape index (κ2) is 9.39. The number of hydrogen-bond donors (Lipinski definition) is 1. The fourth-order valence-electron chi connectivity index (χ4n) is 3.57. The van der Waals surface area contributed by atoms with Crippen LogP contribution in [0.4, 0.5) is 30.6 Å². The zero-order valence-electron chi connectivity index (χ0n) is 17.5. The van der Waals surface area contributed by atoms with Crippen molar-refractivity contribution in [2.45, 2.75) is 32.7 Å². The first-order chi connectivity index (χ1) is 15.4. The fraction of sp³-hybridized carbons (Fsp3) is 0.318. The molecule has 0 unspecified atom stereocenters. The lowest BCUT2D eigenvalue weighted by Crippen LogP contribution is -2.46. The van der Waals surface area contributed by atoms with Crippen LogP contribution in [0.15, 0.2) is 48.8 Å². The highest BCUT2D eigenvalue weighted by molar-refractivity contribution is 5.69. The Hall–Kier alpha value is -3.40. The van der Waals surface area contributed by atoms with Crippen LogP contribution in [0.3, 0.4) is 0 Å². The first-order valence-electron chi connectivity index (χ1n) is 10.1. The molecule has 0 bridgehead atoms. The third-order valence-corrected chi connectivity index (χ3v) is 4.86. The van der Waals surface area contributed by atoms with Gasteiger partial charge in [-0.2, -0.15) is 18.2 Å². The lowest BCUT2D eigenvalue weighted by atomic mass is 10.1. The molecule has 10 heteroatoms. The van der Waals surface area contributed by atoms with Gasteiger partial charge in [-0.15, -0.1) is 0 Å². The van der Waals surface area contributed by atoms with E-state index in [-0.39, 0.29) is 25.1 Å². The molecule has 0 aliphatic carbocycles. The lowest BCUT2D eigenvalue weighted by molar-refractivity contribution is -0.0498. The molecule has 0 spiro atoms. The van der Waals surface area contributed by atoms with Gasteiger partial charge in [-0.1, -0.05) is 12.1 Å². The van der Waals surface area contributed by atoms with Gasteiger partial charge in [0.05, 0.1) is 17.9 Å². The van der Waals surface area contributed by atoms with E-state index in [1.54, 1.807) is 30.5 Å². The van der Waals surface area contributed by atoms with Crippen molar-refractivity contribution in [1.82, 2.24) is 15.0 Å². The fourth-order valence-corrected chi connectivity index (χ4v) is 3.57. The van der Waals surface area contributed by atoms with Crippen molar-refractivity contribution >= 4 is 17.5 Å². The number of morpholine rings is 1. The molecule has 1 aliphatic rings. The Kier molecular flexibility index (Phi) is 6.40. The van der Waals surface area contributed by atoms with Crippen molar-refractivity contribution in [2.75, 3.05) is 23.3 Å². The first-order valence-corrected chi connectivity index (χ1v) is 10.1. The van der Waals surface area contributed by atoms with Gasteiger partial charge < -0.3 is 19.7 Å². The summed E-state index contributed by atoms with van der Waals surface area (Å²) >= 11 is 0. The number of rotatable bonds is 6. The van der Waals surface area contributed by atoms with Crippen molar-refractivity contribution in [3.8, 4) is 16.9 Å². The number of pyridine rings is 1. The van der Waals surface area contributed by atoms with Crippen LogP contribution in [0.5, 0.6) is 5.75 Å². The van der Waals surface area contributed by atoms with Crippen LogP contribution < -0.4 is 15.0 Å². The molecule has 1 fully saturated rings. The Labute approximate surface area is 184 Å². The van der Waals surface area contributed by atoms with E-state index >= 15 is 0 Å². The van der Waals surface area contributed by atoms with Gasteiger partial charge in [-0.3, -0.25) is 0 Å². The zero-order valence-corrected chi connectivity index (χ0v) is 17.5. The Morgan fingerprint density at radius 1 is 1.09 bits per heavy atom. The van der Waals surface area contributed by atoms with Crippen molar-refractivity contribution in [3.63, 3.8) is 0 Å². The number of alkyl halides is 2. The summed E-state index contributed by atoms with van der Waals surface area (Å²) < 4.78 is 49.2. The normalized spacial score (nSPS) is 18.6. The number of benzene rings is 1. The summed E-state index contributed by atoms with van der Waals surface area (Å²) in [5.74, 6) is 0.286. The van der Waals surface area contributed by atoms with Gasteiger partial charge in [-0.05, 0) is 43.7 Å². The minimum Gasteiger partial charge on any atom is -0.435 e. The minimum atomic E-state index is -2.90. The highest BCUT2D eigenvalue weighted by Crippen LogP contribution is 2.28. The van der Waals surface area contributed by atoms with Crippen LogP contribution >= 0.6 is 0 Å². The van der Waals surface area contributed by atoms with Crippen LogP contribution in [0.1, 0.15) is 15.3 Å². The predicted octanol–water partition coefficient (Wildman–Crippen LogP) is 4.88. The van der Waals surface area contributed by atoms with E-state index in [1.807, 2.05) is 18.7 Å². The Morgan fingerprint density at radius 3 is 2.50 bits per heavy atom. The Balaban J connectivity index is 0.00000306. The van der Waals surface area contributed by atoms with Gasteiger partial charge in [0.1, 0.15) is 11.6 Å². The van der Waals surface area contributed by atoms with Gasteiger partial charge in [0.2, 0.25) is 11.9 Å². The third kappa shape index (κ3) is 5.25. The van der Waals surface area contributed by atoms with E-state index < -0.39 is 12.6 Å². The molecule has 7 nitrogen and oxygen atoms in total. The van der Waals surface area contributed by atoms with Crippen molar-refractivity contribution in [1.29, 1.82) is 0 Å². The molecule has 170 valence electrons. The number of ether oxygens (including phenoxy) is 2. The van der Waals surface area contributed by atoms with Gasteiger partial charge in [0, 0.05) is 32.5 Å². The SMILES string of the molecule is C[C@@H]1CN(c2nccc(Nc3cc(-c4ccc(OC(F)F)cc4)cnc3F)n2)C[C@H](C)O1.[HH]. The molecule has 2 atom stereocenters. The maximum Gasteiger partial charge on any atom is 0.387 e. The lowest BCUT2D eigenvalue weighted by Gasteiger charge is -2.35. The van der Waals surface area contributed by atoms with Crippen LogP contribution in [-0.2, 0) is 4.74 Å². The summed E-state index contributed by atoms with van der Waals surface area (Å²) in [6.45, 7) is 2.40. The second-order valence-electron chi connectivity index (χ2n) is 7.49. The topological polar surface area (TPSA) is 72.4 Å². The van der Waals surface area contributed by atoms with Gasteiger partial charge in [0.15, 0.2) is 0 Å². The monoisotopic (exact) mass is 447 g/mol. The molecule has 0 radical (unpaired) electrons. The molecule has 3 aromatic rings. The average Bonchev–Trinajstić information content (AvgIpc) is 2.75. The molecule has 0 amide bonds. The van der Waals surface area contributed by atoms with Crippen LogP contribution in [0.25, 0.3) is 11.1 Å². The number of nitrogens with one attached hydrogen (secondary N) is 1. The molecule has 1 aromatic carbocycles. The quantitative estimate of drug-likeness (QED) is 0.540. The van der Waals surface area contributed by atoms with Gasteiger partial charge >= 0.3 is 6.61 Å².